The van der Waals surface area contributed by atoms with E-state index >= 15 is 0 Å². The Morgan fingerprint density at radius 1 is 0.670 bits per heavy atom. The lowest BCUT2D eigenvalue weighted by atomic mass is 9.89. The highest BCUT2D eigenvalue weighted by Gasteiger charge is 2.43. The topological polar surface area (TPSA) is 465 Å². The fraction of sp³-hybridized carbons (Fsp3) is 0.650. The third-order valence-corrected chi connectivity index (χ3v) is 16.7. The van der Waals surface area contributed by atoms with Gasteiger partial charge in [0, 0.05) is 81.2 Å². The molecule has 31 heteroatoms. The average molecular weight is 1300 g/mol. The zero-order valence-electron chi connectivity index (χ0n) is 51.8. The van der Waals surface area contributed by atoms with Gasteiger partial charge in [-0.2, -0.15) is 11.8 Å². The van der Waals surface area contributed by atoms with E-state index in [1.54, 1.807) is 30.3 Å². The Labute approximate surface area is 531 Å². The second-order valence-electron chi connectivity index (χ2n) is 22.5. The van der Waals surface area contributed by atoms with Crippen molar-refractivity contribution in [1.29, 1.82) is 0 Å². The van der Waals surface area contributed by atoms with Crippen LogP contribution >= 0.6 is 11.8 Å². The Hall–Kier alpha value is -7.74. The first-order valence-electron chi connectivity index (χ1n) is 30.8. The molecule has 2 bridgehead atoms. The lowest BCUT2D eigenvalue weighted by Crippen LogP contribution is -2.54. The van der Waals surface area contributed by atoms with Crippen molar-refractivity contribution in [2.45, 2.75) is 184 Å². The number of urea groups is 1. The molecule has 3 aliphatic rings. The molecule has 0 spiro atoms. The maximum Gasteiger partial charge on any atom is 0.315 e. The number of amides is 8. The molecular formula is C60H89N11O19S. The van der Waals surface area contributed by atoms with Crippen LogP contribution in [0.1, 0.15) is 128 Å². The molecule has 1 aromatic heterocycles. The first-order chi connectivity index (χ1) is 43.4. The van der Waals surface area contributed by atoms with Gasteiger partial charge in [0.25, 0.3) is 0 Å². The van der Waals surface area contributed by atoms with Crippen LogP contribution in [0, 0.1) is 17.8 Å². The van der Waals surface area contributed by atoms with E-state index in [4.69, 9.17) is 25.7 Å². The van der Waals surface area contributed by atoms with Crippen molar-refractivity contribution in [3.05, 3.63) is 47.8 Å². The molecule has 504 valence electrons. The monoisotopic (exact) mass is 1300 g/mol. The summed E-state index contributed by atoms with van der Waals surface area (Å²) in [6.45, 7) is 5.72. The number of carboxylic acid groups (broad SMARTS) is 2. The number of thioether (sulfide) groups is 1. The van der Waals surface area contributed by atoms with Gasteiger partial charge in [0.15, 0.2) is 17.3 Å². The zero-order chi connectivity index (χ0) is 67.0. The van der Waals surface area contributed by atoms with Crippen molar-refractivity contribution in [3.63, 3.8) is 0 Å². The minimum Gasteiger partial charge on any atom is -0.481 e. The minimum absolute atomic E-state index is 0.0229. The molecular weight excluding hydrogens is 1210 g/mol. The Balaban J connectivity index is 0.00000874. The van der Waals surface area contributed by atoms with E-state index in [2.05, 4.69) is 42.2 Å². The highest BCUT2D eigenvalue weighted by atomic mass is 32.2. The molecule has 0 saturated carbocycles. The number of ketones is 4. The molecule has 1 aromatic carbocycles. The number of rotatable bonds is 29. The third-order valence-electron chi connectivity index (χ3n) is 15.2. The van der Waals surface area contributed by atoms with Gasteiger partial charge in [-0.3, -0.25) is 62.2 Å². The number of aryl methyl sites for hydroxylation is 1. The van der Waals surface area contributed by atoms with Gasteiger partial charge in [-0.05, 0) is 57.4 Å². The van der Waals surface area contributed by atoms with E-state index in [-0.39, 0.29) is 88.2 Å². The summed E-state index contributed by atoms with van der Waals surface area (Å²) in [5.74, 6) is -15.6. The predicted molar refractivity (Wildman–Crippen MR) is 326 cm³/mol. The number of fused-ring (bicyclic) bond motifs is 3. The molecule has 0 aliphatic carbocycles. The van der Waals surface area contributed by atoms with Crippen LogP contribution in [-0.4, -0.2) is 200 Å². The molecule has 13 N–H and O–H groups in total. The van der Waals surface area contributed by atoms with Crippen LogP contribution in [0.2, 0.25) is 0 Å². The number of primary amides is 2. The normalized spacial score (nSPS) is 24.3. The standard InChI is InChI=1S/C58H83N11O19S.C2H6/c1-33(70)51-46(74)26-37(27-48(59)75)55(82)62-42(28-49(76)77)45(73)25-35(22-34-10-3-2-4-11-34)54(81)63-43(29-50(78)79)57(84)61-41(53(60)80)14-7-8-16-69-30-38(67-68-69)23-36(56(83)65-51)24-40(72)31-88-21-20-87-19-18-86-17-9-13-39(71)12-5-6-15-47-52-44(32-89-47)64-58(85)66-52;1-2/h2-4,10-11,30,33,35-37,41-44,47,51-52,70H,5-9,12-29,31-32H2,1H3,(H2,59,75)(H2,60,80)(H,61,84)(H,62,82)(H,63,81)(H,65,83)(H,76,77)(H,78,79)(H2,64,66,85);1-2H3/t33?,35-,36-,37+,41+,42+,43+,44-,47-,51+,52-;/m1./s1. The van der Waals surface area contributed by atoms with Gasteiger partial charge < -0.3 is 72.9 Å². The Kier molecular flexibility index (Phi) is 33.4. The number of aliphatic carboxylic acids is 2. The largest absolute Gasteiger partial charge is 0.481 e. The van der Waals surface area contributed by atoms with Crippen LogP contribution in [0.3, 0.4) is 0 Å². The molecule has 30 nitrogen and oxygen atoms in total. The van der Waals surface area contributed by atoms with Crippen LogP contribution in [0.15, 0.2) is 36.5 Å². The summed E-state index contributed by atoms with van der Waals surface area (Å²) in [5.41, 5.74) is 11.8. The van der Waals surface area contributed by atoms with E-state index in [1.807, 2.05) is 25.6 Å². The first-order valence-corrected chi connectivity index (χ1v) is 31.8. The van der Waals surface area contributed by atoms with Crippen LogP contribution in [0.25, 0.3) is 0 Å². The van der Waals surface area contributed by atoms with Crippen molar-refractivity contribution >= 4 is 88.3 Å². The number of aliphatic hydroxyl groups is 1. The van der Waals surface area contributed by atoms with Crippen molar-refractivity contribution in [2.24, 2.45) is 29.2 Å². The number of unbranched alkanes of at least 4 members (excludes halogenated alkanes) is 1. The van der Waals surface area contributed by atoms with Gasteiger partial charge in [-0.1, -0.05) is 55.8 Å². The third kappa shape index (κ3) is 27.7. The highest BCUT2D eigenvalue weighted by Crippen LogP contribution is 2.33. The fourth-order valence-electron chi connectivity index (χ4n) is 10.5. The van der Waals surface area contributed by atoms with E-state index in [0.29, 0.717) is 43.1 Å². The summed E-state index contributed by atoms with van der Waals surface area (Å²) >= 11 is 1.85. The fourth-order valence-corrected chi connectivity index (χ4v) is 12.1. The SMILES string of the molecule is CC.CC(O)[C@@H]1NC(=O)[C@@H](CC(=O)COCCOCCOCCCC(=O)CCCC[C@H]2SC[C@H]3NC(=O)N[C@H]32)Cc2cn(nn2)CCCC[C@@H](C(N)=O)NC(=O)[C@H](CC(=O)O)NC(=O)[C@H](Cc2ccccc2)CC(=O)[C@H](CC(=O)O)NC(=O)[C@H](CC(N)=O)CC1=O. The molecule has 91 heavy (non-hydrogen) atoms. The molecule has 0 radical (unpaired) electrons. The second-order valence-corrected chi connectivity index (χ2v) is 23.8. The number of ether oxygens (including phenoxy) is 3. The smallest absolute Gasteiger partial charge is 0.315 e. The van der Waals surface area contributed by atoms with Gasteiger partial charge in [0.05, 0.1) is 81.0 Å². The Bertz CT molecular complexity index is 2790. The molecule has 2 aromatic rings. The number of nitrogens with zero attached hydrogens (tertiary/aromatic N) is 3. The van der Waals surface area contributed by atoms with Crippen LogP contribution in [0.5, 0.6) is 0 Å². The maximum atomic E-state index is 14.2. The number of nitrogens with one attached hydrogen (secondary N) is 6. The summed E-state index contributed by atoms with van der Waals surface area (Å²) in [6, 6.07) is 1.39. The lowest BCUT2D eigenvalue weighted by molar-refractivity contribution is -0.142. The van der Waals surface area contributed by atoms with Gasteiger partial charge in [-0.25, -0.2) is 4.79 Å². The molecule has 11 atom stereocenters. The molecule has 8 amide bonds. The molecule has 4 heterocycles. The average Bonchev–Trinajstić information content (AvgIpc) is 2.07. The maximum absolute atomic E-state index is 14.2. The van der Waals surface area contributed by atoms with Gasteiger partial charge >= 0.3 is 18.0 Å². The summed E-state index contributed by atoms with van der Waals surface area (Å²) in [4.78, 5) is 171. The summed E-state index contributed by atoms with van der Waals surface area (Å²) in [7, 11) is 0. The predicted octanol–water partition coefficient (Wildman–Crippen LogP) is -0.245. The second kappa shape index (κ2) is 40.2. The number of benzene rings is 1. The van der Waals surface area contributed by atoms with Crippen molar-refractivity contribution < 1.29 is 91.9 Å². The van der Waals surface area contributed by atoms with E-state index in [1.165, 1.54) is 10.9 Å². The number of Topliss-reactive ketones (excluding diaryl/α,β-unsaturated/α-hetero) is 4. The number of carbonyl (C=O) groups is 13. The molecule has 2 saturated heterocycles. The molecule has 3 aliphatic heterocycles. The van der Waals surface area contributed by atoms with Crippen molar-refractivity contribution in [1.82, 2.24) is 46.9 Å². The first kappa shape index (κ1) is 75.7. The lowest BCUT2D eigenvalue weighted by Gasteiger charge is -2.26. The highest BCUT2D eigenvalue weighted by molar-refractivity contribution is 8.00. The van der Waals surface area contributed by atoms with Gasteiger partial charge in [0.1, 0.15) is 30.5 Å². The number of hydrogen-bond donors (Lipinski definition) is 11. The Morgan fingerprint density at radius 2 is 1.29 bits per heavy atom. The van der Waals surface area contributed by atoms with E-state index in [9.17, 15) is 77.6 Å². The van der Waals surface area contributed by atoms with Gasteiger partial charge in [-0.15, -0.1) is 5.10 Å². The number of nitrogens with two attached hydrogens (primary N) is 2. The summed E-state index contributed by atoms with van der Waals surface area (Å²) < 4.78 is 18.1. The van der Waals surface area contributed by atoms with E-state index < -0.39 is 158 Å². The molecule has 2 fully saturated rings. The number of hydrogen-bond acceptors (Lipinski definition) is 20. The van der Waals surface area contributed by atoms with Crippen LogP contribution in [0.4, 0.5) is 4.79 Å². The number of aliphatic hydroxyl groups excluding tert-OH is 1. The molecule has 5 rings (SSSR count). The van der Waals surface area contributed by atoms with Crippen molar-refractivity contribution in [2.75, 3.05) is 45.4 Å². The zero-order valence-corrected chi connectivity index (χ0v) is 52.6. The molecule has 1 unspecified atom stereocenters. The van der Waals surface area contributed by atoms with E-state index in [0.717, 1.165) is 31.9 Å². The van der Waals surface area contributed by atoms with Crippen LogP contribution in [-0.2, 0) is 91.1 Å². The minimum atomic E-state index is -1.92. The number of carboxylic acids is 2. The van der Waals surface area contributed by atoms with Gasteiger partial charge in [0.2, 0.25) is 35.4 Å². The van der Waals surface area contributed by atoms with Crippen molar-refractivity contribution in [3.8, 4) is 0 Å². The van der Waals surface area contributed by atoms with Crippen LogP contribution < -0.4 is 43.4 Å². The summed E-state index contributed by atoms with van der Waals surface area (Å²) in [5, 5.41) is 54.5. The number of carbonyl (C=O) groups excluding carboxylic acids is 11. The quantitative estimate of drug-likeness (QED) is 0.0370. The Morgan fingerprint density at radius 3 is 1.96 bits per heavy atom. The number of aromatic nitrogens is 3. The summed E-state index contributed by atoms with van der Waals surface area (Å²) in [6.07, 6.45) is -1.27.